The van der Waals surface area contributed by atoms with Crippen LogP contribution in [0.2, 0.25) is 0 Å². The third kappa shape index (κ3) is 2.75. The number of nitrogens with zero attached hydrogens (tertiary/aromatic N) is 2. The van der Waals surface area contributed by atoms with Gasteiger partial charge in [-0.15, -0.1) is 0 Å². The van der Waals surface area contributed by atoms with Crippen molar-refractivity contribution in [1.29, 1.82) is 0 Å². The van der Waals surface area contributed by atoms with Crippen molar-refractivity contribution >= 4 is 0 Å². The first kappa shape index (κ1) is 13.7. The summed E-state index contributed by atoms with van der Waals surface area (Å²) in [6.07, 6.45) is 5.49. The van der Waals surface area contributed by atoms with Crippen LogP contribution < -0.4 is 5.73 Å². The van der Waals surface area contributed by atoms with Gasteiger partial charge in [-0.3, -0.25) is 9.80 Å². The molecule has 2 atom stereocenters. The molecule has 4 rings (SSSR count). The Hall–Kier alpha value is -0.900. The van der Waals surface area contributed by atoms with Crippen molar-refractivity contribution in [3.8, 4) is 0 Å². The van der Waals surface area contributed by atoms with Gasteiger partial charge in [0.25, 0.3) is 0 Å². The van der Waals surface area contributed by atoms with Crippen LogP contribution >= 0.6 is 0 Å². The zero-order valence-electron chi connectivity index (χ0n) is 12.9. The molecule has 114 valence electrons. The van der Waals surface area contributed by atoms with Crippen molar-refractivity contribution < 1.29 is 0 Å². The molecule has 3 aliphatic rings. The summed E-state index contributed by atoms with van der Waals surface area (Å²) in [6, 6.07) is 10.4. The predicted molar refractivity (Wildman–Crippen MR) is 86.4 cm³/mol. The summed E-state index contributed by atoms with van der Waals surface area (Å²) < 4.78 is 0. The van der Waals surface area contributed by atoms with E-state index in [0.717, 1.165) is 18.5 Å². The van der Waals surface area contributed by atoms with Crippen molar-refractivity contribution in [3.05, 3.63) is 35.4 Å². The summed E-state index contributed by atoms with van der Waals surface area (Å²) in [7, 11) is 0. The molecular formula is C18H27N3. The molecule has 3 heteroatoms. The van der Waals surface area contributed by atoms with Gasteiger partial charge in [-0.2, -0.15) is 0 Å². The van der Waals surface area contributed by atoms with Gasteiger partial charge in [0.1, 0.15) is 0 Å². The molecule has 0 bridgehead atoms. The average Bonchev–Trinajstić information content (AvgIpc) is 3.27. The second kappa shape index (κ2) is 5.71. The van der Waals surface area contributed by atoms with Gasteiger partial charge in [-0.05, 0) is 49.3 Å². The molecule has 0 amide bonds. The van der Waals surface area contributed by atoms with Gasteiger partial charge in [-0.1, -0.05) is 24.3 Å². The van der Waals surface area contributed by atoms with E-state index < -0.39 is 0 Å². The largest absolute Gasteiger partial charge is 0.329 e. The maximum absolute atomic E-state index is 6.16. The summed E-state index contributed by atoms with van der Waals surface area (Å²) >= 11 is 0. The Balaban J connectivity index is 1.52. The monoisotopic (exact) mass is 285 g/mol. The Bertz CT molecular complexity index is 497. The van der Waals surface area contributed by atoms with Crippen molar-refractivity contribution in [2.45, 2.75) is 43.7 Å². The van der Waals surface area contributed by atoms with Crippen LogP contribution in [-0.4, -0.2) is 48.6 Å². The lowest BCUT2D eigenvalue weighted by atomic mass is 9.99. The van der Waals surface area contributed by atoms with E-state index in [1.807, 2.05) is 0 Å². The van der Waals surface area contributed by atoms with Crippen LogP contribution in [0.25, 0.3) is 0 Å². The molecule has 0 spiro atoms. The highest BCUT2D eigenvalue weighted by Gasteiger charge is 2.33. The molecule has 3 fully saturated rings. The maximum Gasteiger partial charge on any atom is 0.0471 e. The van der Waals surface area contributed by atoms with Crippen LogP contribution in [0.5, 0.6) is 0 Å². The summed E-state index contributed by atoms with van der Waals surface area (Å²) in [5.74, 6) is 0.829. The number of rotatable bonds is 4. The van der Waals surface area contributed by atoms with Gasteiger partial charge < -0.3 is 5.73 Å². The normalized spacial score (nSPS) is 28.5. The minimum Gasteiger partial charge on any atom is -0.329 e. The van der Waals surface area contributed by atoms with Crippen LogP contribution in [0.1, 0.15) is 48.8 Å². The topological polar surface area (TPSA) is 32.5 Å². The summed E-state index contributed by atoms with van der Waals surface area (Å²) in [6.45, 7) is 5.65. The third-order valence-electron chi connectivity index (χ3n) is 5.63. The van der Waals surface area contributed by atoms with Crippen LogP contribution in [0.15, 0.2) is 24.3 Å². The molecule has 1 aromatic rings. The molecule has 1 aliphatic carbocycles. The Labute approximate surface area is 128 Å². The highest BCUT2D eigenvalue weighted by Crippen LogP contribution is 2.41. The quantitative estimate of drug-likeness (QED) is 0.921. The zero-order valence-corrected chi connectivity index (χ0v) is 12.9. The molecule has 0 aromatic heterocycles. The first-order valence-corrected chi connectivity index (χ1v) is 8.63. The van der Waals surface area contributed by atoms with E-state index in [4.69, 9.17) is 5.73 Å². The third-order valence-corrected chi connectivity index (χ3v) is 5.63. The molecule has 21 heavy (non-hydrogen) atoms. The fourth-order valence-electron chi connectivity index (χ4n) is 4.23. The predicted octanol–water partition coefficient (Wildman–Crippen LogP) is 2.34. The van der Waals surface area contributed by atoms with Gasteiger partial charge in [0.2, 0.25) is 0 Å². The Kier molecular flexibility index (Phi) is 3.74. The standard InChI is InChI=1S/C18H27N3/c19-12-18(16-4-1-3-15(11-16)14-6-7-14)21-10-9-20-8-2-5-17(20)13-21/h1,3-4,11,14,17-18H,2,5-10,12-13,19H2. The SMILES string of the molecule is NCC(c1cccc(C2CC2)c1)N1CCN2CCCC2C1. The fraction of sp³-hybridized carbons (Fsp3) is 0.667. The smallest absolute Gasteiger partial charge is 0.0471 e. The van der Waals surface area contributed by atoms with Crippen LogP contribution in [-0.2, 0) is 0 Å². The second-order valence-electron chi connectivity index (χ2n) is 7.02. The van der Waals surface area contributed by atoms with E-state index in [0.29, 0.717) is 6.04 Å². The lowest BCUT2D eigenvalue weighted by Crippen LogP contribution is -2.52. The van der Waals surface area contributed by atoms with Crippen molar-refractivity contribution in [2.75, 3.05) is 32.7 Å². The van der Waals surface area contributed by atoms with Crippen molar-refractivity contribution in [3.63, 3.8) is 0 Å². The molecule has 2 heterocycles. The molecule has 1 saturated carbocycles. The van der Waals surface area contributed by atoms with Gasteiger partial charge >= 0.3 is 0 Å². The molecule has 3 nitrogen and oxygen atoms in total. The molecule has 2 aliphatic heterocycles. The van der Waals surface area contributed by atoms with Crippen LogP contribution in [0.3, 0.4) is 0 Å². The number of nitrogens with two attached hydrogens (primary N) is 1. The molecular weight excluding hydrogens is 258 g/mol. The first-order chi connectivity index (χ1) is 10.3. The number of fused-ring (bicyclic) bond motifs is 1. The minimum atomic E-state index is 0.409. The molecule has 2 N–H and O–H groups in total. The van der Waals surface area contributed by atoms with E-state index >= 15 is 0 Å². The molecule has 2 saturated heterocycles. The lowest BCUT2D eigenvalue weighted by Gasteiger charge is -2.41. The highest BCUT2D eigenvalue weighted by atomic mass is 15.3. The van der Waals surface area contributed by atoms with E-state index in [1.54, 1.807) is 0 Å². The van der Waals surface area contributed by atoms with Crippen molar-refractivity contribution in [1.82, 2.24) is 9.80 Å². The molecule has 1 aromatic carbocycles. The van der Waals surface area contributed by atoms with Crippen LogP contribution in [0.4, 0.5) is 0 Å². The van der Waals surface area contributed by atoms with E-state index in [1.165, 1.54) is 63.0 Å². The Morgan fingerprint density at radius 3 is 2.86 bits per heavy atom. The van der Waals surface area contributed by atoms with Gasteiger partial charge in [0.15, 0.2) is 0 Å². The molecule has 2 unspecified atom stereocenters. The fourth-order valence-corrected chi connectivity index (χ4v) is 4.23. The maximum atomic E-state index is 6.16. The lowest BCUT2D eigenvalue weighted by molar-refractivity contribution is 0.0737. The number of benzene rings is 1. The number of piperazine rings is 1. The van der Waals surface area contributed by atoms with Crippen LogP contribution in [0, 0.1) is 0 Å². The minimum absolute atomic E-state index is 0.409. The summed E-state index contributed by atoms with van der Waals surface area (Å²) in [5.41, 5.74) is 9.13. The van der Waals surface area contributed by atoms with Gasteiger partial charge in [0, 0.05) is 38.3 Å². The Morgan fingerprint density at radius 1 is 1.14 bits per heavy atom. The summed E-state index contributed by atoms with van der Waals surface area (Å²) in [4.78, 5) is 5.31. The Morgan fingerprint density at radius 2 is 2.05 bits per heavy atom. The number of hydrogen-bond acceptors (Lipinski definition) is 3. The molecule has 0 radical (unpaired) electrons. The number of hydrogen-bond donors (Lipinski definition) is 1. The zero-order chi connectivity index (χ0) is 14.2. The highest BCUT2D eigenvalue weighted by molar-refractivity contribution is 5.31. The van der Waals surface area contributed by atoms with Gasteiger partial charge in [-0.25, -0.2) is 0 Å². The van der Waals surface area contributed by atoms with E-state index in [2.05, 4.69) is 34.1 Å². The van der Waals surface area contributed by atoms with Crippen molar-refractivity contribution in [2.24, 2.45) is 5.73 Å². The summed E-state index contributed by atoms with van der Waals surface area (Å²) in [5, 5.41) is 0. The average molecular weight is 285 g/mol. The first-order valence-electron chi connectivity index (χ1n) is 8.63. The van der Waals surface area contributed by atoms with E-state index in [9.17, 15) is 0 Å². The second-order valence-corrected chi connectivity index (χ2v) is 7.02. The van der Waals surface area contributed by atoms with E-state index in [-0.39, 0.29) is 0 Å². The van der Waals surface area contributed by atoms with Gasteiger partial charge in [0.05, 0.1) is 0 Å².